The molecule has 0 aliphatic carbocycles. The monoisotopic (exact) mass is 332 g/mol. The molecule has 0 amide bonds. The first-order chi connectivity index (χ1) is 9.65. The second-order valence-corrected chi connectivity index (χ2v) is 5.81. The van der Waals surface area contributed by atoms with Crippen LogP contribution in [0, 0.1) is 6.92 Å². The van der Waals surface area contributed by atoms with E-state index in [1.54, 1.807) is 0 Å². The van der Waals surface area contributed by atoms with Crippen LogP contribution in [-0.2, 0) is 6.42 Å². The van der Waals surface area contributed by atoms with E-state index >= 15 is 0 Å². The molecule has 0 aliphatic rings. The Morgan fingerprint density at radius 2 is 1.95 bits per heavy atom. The van der Waals surface area contributed by atoms with Crippen molar-refractivity contribution >= 4 is 27.3 Å². The summed E-state index contributed by atoms with van der Waals surface area (Å²) in [6.45, 7) is 5.90. The molecule has 0 atom stereocenters. The molecule has 2 N–H and O–H groups in total. The summed E-state index contributed by atoms with van der Waals surface area (Å²) in [6, 6.07) is 15.0. The standard InChI is InChI=1S/C17H21BrN2/c1-3-20(16-6-4-5-13(2)11-16)17-8-7-15(18)12-14(17)9-10-19/h4-8,11-12H,3,9-10,19H2,1-2H3. The second kappa shape index (κ2) is 6.91. The lowest BCUT2D eigenvalue weighted by atomic mass is 10.1. The topological polar surface area (TPSA) is 29.3 Å². The lowest BCUT2D eigenvalue weighted by Gasteiger charge is -2.26. The Bertz CT molecular complexity index is 581. The van der Waals surface area contributed by atoms with Crippen molar-refractivity contribution in [1.29, 1.82) is 0 Å². The van der Waals surface area contributed by atoms with E-state index in [1.165, 1.54) is 22.5 Å². The number of hydrogen-bond acceptors (Lipinski definition) is 2. The molecule has 2 nitrogen and oxygen atoms in total. The zero-order valence-electron chi connectivity index (χ0n) is 12.1. The molecule has 0 spiro atoms. The number of nitrogens with zero attached hydrogens (tertiary/aromatic N) is 1. The predicted octanol–water partition coefficient (Wildman–Crippen LogP) is 4.42. The van der Waals surface area contributed by atoms with Gasteiger partial charge >= 0.3 is 0 Å². The predicted molar refractivity (Wildman–Crippen MR) is 90.8 cm³/mol. The van der Waals surface area contributed by atoms with Crippen molar-refractivity contribution in [2.45, 2.75) is 20.3 Å². The quantitative estimate of drug-likeness (QED) is 0.878. The molecule has 2 rings (SSSR count). The van der Waals surface area contributed by atoms with Gasteiger partial charge in [-0.1, -0.05) is 28.1 Å². The summed E-state index contributed by atoms with van der Waals surface area (Å²) in [5.74, 6) is 0. The van der Waals surface area contributed by atoms with Gasteiger partial charge in [0.25, 0.3) is 0 Å². The number of hydrogen-bond donors (Lipinski definition) is 1. The molecule has 0 saturated heterocycles. The van der Waals surface area contributed by atoms with Gasteiger partial charge in [0.15, 0.2) is 0 Å². The Labute approximate surface area is 129 Å². The van der Waals surface area contributed by atoms with Gasteiger partial charge in [-0.3, -0.25) is 0 Å². The average molecular weight is 333 g/mol. The van der Waals surface area contributed by atoms with Gasteiger partial charge in [-0.2, -0.15) is 0 Å². The highest BCUT2D eigenvalue weighted by molar-refractivity contribution is 9.10. The maximum Gasteiger partial charge on any atom is 0.0444 e. The van der Waals surface area contributed by atoms with Gasteiger partial charge < -0.3 is 10.6 Å². The van der Waals surface area contributed by atoms with Crippen LogP contribution in [0.1, 0.15) is 18.1 Å². The van der Waals surface area contributed by atoms with Crippen molar-refractivity contribution < 1.29 is 0 Å². The van der Waals surface area contributed by atoms with E-state index in [0.717, 1.165) is 17.4 Å². The van der Waals surface area contributed by atoms with Crippen LogP contribution in [-0.4, -0.2) is 13.1 Å². The Morgan fingerprint density at radius 1 is 1.15 bits per heavy atom. The van der Waals surface area contributed by atoms with Gasteiger partial charge in [-0.15, -0.1) is 0 Å². The highest BCUT2D eigenvalue weighted by atomic mass is 79.9. The molecule has 0 aromatic heterocycles. The molecular formula is C17H21BrN2. The zero-order valence-corrected chi connectivity index (χ0v) is 13.7. The summed E-state index contributed by atoms with van der Waals surface area (Å²) >= 11 is 3.55. The minimum Gasteiger partial charge on any atom is -0.342 e. The largest absolute Gasteiger partial charge is 0.342 e. The fourth-order valence-electron chi connectivity index (χ4n) is 2.46. The number of rotatable bonds is 5. The molecule has 0 bridgehead atoms. The maximum absolute atomic E-state index is 5.75. The molecule has 0 unspecified atom stereocenters. The minimum absolute atomic E-state index is 0.662. The van der Waals surface area contributed by atoms with Crippen molar-refractivity contribution in [3.05, 3.63) is 58.1 Å². The number of nitrogens with two attached hydrogens (primary N) is 1. The Hall–Kier alpha value is -1.32. The molecular weight excluding hydrogens is 312 g/mol. The summed E-state index contributed by atoms with van der Waals surface area (Å²) in [7, 11) is 0. The third kappa shape index (κ3) is 3.41. The van der Waals surface area contributed by atoms with Crippen LogP contribution in [0.5, 0.6) is 0 Å². The van der Waals surface area contributed by atoms with Crippen molar-refractivity contribution in [3.63, 3.8) is 0 Å². The Balaban J connectivity index is 2.46. The summed E-state index contributed by atoms with van der Waals surface area (Å²) in [4.78, 5) is 2.34. The third-order valence-corrected chi connectivity index (χ3v) is 3.87. The van der Waals surface area contributed by atoms with Gasteiger partial charge in [0, 0.05) is 22.4 Å². The number of halogens is 1. The van der Waals surface area contributed by atoms with Crippen LogP contribution in [0.25, 0.3) is 0 Å². The van der Waals surface area contributed by atoms with E-state index in [-0.39, 0.29) is 0 Å². The molecule has 0 saturated carbocycles. The molecule has 0 fully saturated rings. The smallest absolute Gasteiger partial charge is 0.0444 e. The lowest BCUT2D eigenvalue weighted by molar-refractivity contribution is 0.940. The van der Waals surface area contributed by atoms with Crippen molar-refractivity contribution in [2.24, 2.45) is 5.73 Å². The van der Waals surface area contributed by atoms with Crippen molar-refractivity contribution in [1.82, 2.24) is 0 Å². The average Bonchev–Trinajstić information content (AvgIpc) is 2.42. The molecule has 2 aromatic rings. The SMILES string of the molecule is CCN(c1cccc(C)c1)c1ccc(Br)cc1CCN. The van der Waals surface area contributed by atoms with Crippen LogP contribution >= 0.6 is 15.9 Å². The number of benzene rings is 2. The Morgan fingerprint density at radius 3 is 2.60 bits per heavy atom. The minimum atomic E-state index is 0.662. The van der Waals surface area contributed by atoms with E-state index in [2.05, 4.69) is 77.1 Å². The zero-order chi connectivity index (χ0) is 14.5. The molecule has 3 heteroatoms. The van der Waals surface area contributed by atoms with Gasteiger partial charge in [0.2, 0.25) is 0 Å². The van der Waals surface area contributed by atoms with E-state index in [9.17, 15) is 0 Å². The number of aryl methyl sites for hydroxylation is 1. The van der Waals surface area contributed by atoms with Gasteiger partial charge in [0.05, 0.1) is 0 Å². The molecule has 0 heterocycles. The van der Waals surface area contributed by atoms with Crippen molar-refractivity contribution in [3.8, 4) is 0 Å². The van der Waals surface area contributed by atoms with Crippen LogP contribution in [0.2, 0.25) is 0 Å². The maximum atomic E-state index is 5.75. The van der Waals surface area contributed by atoms with Gasteiger partial charge in [0.1, 0.15) is 0 Å². The normalized spacial score (nSPS) is 10.6. The van der Waals surface area contributed by atoms with Gasteiger partial charge in [-0.05, 0) is 68.3 Å². The van der Waals surface area contributed by atoms with E-state index < -0.39 is 0 Å². The molecule has 0 aliphatic heterocycles. The van der Waals surface area contributed by atoms with Crippen LogP contribution in [0.3, 0.4) is 0 Å². The molecule has 0 radical (unpaired) electrons. The fourth-order valence-corrected chi connectivity index (χ4v) is 2.87. The van der Waals surface area contributed by atoms with E-state index in [4.69, 9.17) is 5.73 Å². The van der Waals surface area contributed by atoms with Crippen LogP contribution in [0.15, 0.2) is 46.9 Å². The highest BCUT2D eigenvalue weighted by Crippen LogP contribution is 2.31. The summed E-state index contributed by atoms with van der Waals surface area (Å²) in [6.07, 6.45) is 0.886. The first-order valence-corrected chi connectivity index (χ1v) is 7.77. The summed E-state index contributed by atoms with van der Waals surface area (Å²) in [5, 5.41) is 0. The first-order valence-electron chi connectivity index (χ1n) is 6.98. The fraction of sp³-hybridized carbons (Fsp3) is 0.294. The summed E-state index contributed by atoms with van der Waals surface area (Å²) in [5.41, 5.74) is 10.8. The second-order valence-electron chi connectivity index (χ2n) is 4.89. The molecule has 20 heavy (non-hydrogen) atoms. The van der Waals surface area contributed by atoms with Crippen molar-refractivity contribution in [2.75, 3.05) is 18.0 Å². The van der Waals surface area contributed by atoms with E-state index in [0.29, 0.717) is 6.54 Å². The highest BCUT2D eigenvalue weighted by Gasteiger charge is 2.12. The number of anilines is 2. The first kappa shape index (κ1) is 15.1. The molecule has 106 valence electrons. The third-order valence-electron chi connectivity index (χ3n) is 3.38. The van der Waals surface area contributed by atoms with Gasteiger partial charge in [-0.25, -0.2) is 0 Å². The van der Waals surface area contributed by atoms with E-state index in [1.807, 2.05) is 0 Å². The summed E-state index contributed by atoms with van der Waals surface area (Å²) < 4.78 is 1.10. The van der Waals surface area contributed by atoms with Crippen LogP contribution < -0.4 is 10.6 Å². The lowest BCUT2D eigenvalue weighted by Crippen LogP contribution is -2.18. The van der Waals surface area contributed by atoms with Crippen LogP contribution in [0.4, 0.5) is 11.4 Å². The molecule has 2 aromatic carbocycles. The Kier molecular flexibility index (Phi) is 5.21.